The number of hydrazine groups is 1. The standard InChI is InChI=1S/C10H15N5O4/c11-14-10-4-7(15(16)17)3-9(13-10)12-5-8-6-18-1-2-19-8/h3-4,8H,1-2,5-6,11H2,(H2,12,13,14). The lowest BCUT2D eigenvalue weighted by Gasteiger charge is -2.23. The van der Waals surface area contributed by atoms with Crippen LogP contribution >= 0.6 is 0 Å². The lowest BCUT2D eigenvalue weighted by Crippen LogP contribution is -2.34. The zero-order chi connectivity index (χ0) is 13.7. The molecule has 1 fully saturated rings. The van der Waals surface area contributed by atoms with Crippen LogP contribution in [0.4, 0.5) is 17.3 Å². The Bertz CT molecular complexity index is 450. The Labute approximate surface area is 109 Å². The van der Waals surface area contributed by atoms with Gasteiger partial charge in [0.25, 0.3) is 5.69 Å². The van der Waals surface area contributed by atoms with Crippen LogP contribution < -0.4 is 16.6 Å². The summed E-state index contributed by atoms with van der Waals surface area (Å²) in [4.78, 5) is 14.3. The summed E-state index contributed by atoms with van der Waals surface area (Å²) in [5.74, 6) is 5.80. The van der Waals surface area contributed by atoms with Crippen molar-refractivity contribution in [3.05, 3.63) is 22.2 Å². The van der Waals surface area contributed by atoms with Crippen LogP contribution in [-0.4, -0.2) is 42.4 Å². The first-order valence-electron chi connectivity index (χ1n) is 5.75. The van der Waals surface area contributed by atoms with E-state index in [1.165, 1.54) is 12.1 Å². The number of nitrogens with one attached hydrogen (secondary N) is 2. The maximum absolute atomic E-state index is 10.8. The van der Waals surface area contributed by atoms with Gasteiger partial charge in [-0.2, -0.15) is 0 Å². The third kappa shape index (κ3) is 3.74. The van der Waals surface area contributed by atoms with Gasteiger partial charge in [0.05, 0.1) is 43.0 Å². The van der Waals surface area contributed by atoms with E-state index in [-0.39, 0.29) is 17.6 Å². The summed E-state index contributed by atoms with van der Waals surface area (Å²) in [5, 5.41) is 13.7. The van der Waals surface area contributed by atoms with Gasteiger partial charge in [-0.3, -0.25) is 10.1 Å². The van der Waals surface area contributed by atoms with Gasteiger partial charge in [-0.1, -0.05) is 0 Å². The predicted molar refractivity (Wildman–Crippen MR) is 67.8 cm³/mol. The van der Waals surface area contributed by atoms with Crippen molar-refractivity contribution in [2.45, 2.75) is 6.10 Å². The van der Waals surface area contributed by atoms with Crippen LogP contribution in [-0.2, 0) is 9.47 Å². The van der Waals surface area contributed by atoms with Crippen molar-refractivity contribution in [3.63, 3.8) is 0 Å². The number of hydrogen-bond donors (Lipinski definition) is 3. The van der Waals surface area contributed by atoms with E-state index >= 15 is 0 Å². The molecule has 0 saturated carbocycles. The fourth-order valence-corrected chi connectivity index (χ4v) is 1.66. The van der Waals surface area contributed by atoms with E-state index in [0.29, 0.717) is 32.2 Å². The molecule has 1 unspecified atom stereocenters. The summed E-state index contributed by atoms with van der Waals surface area (Å²) < 4.78 is 10.7. The number of rotatable bonds is 5. The Balaban J connectivity index is 2.02. The first kappa shape index (κ1) is 13.5. The molecule has 9 heteroatoms. The minimum atomic E-state index is -0.506. The van der Waals surface area contributed by atoms with E-state index in [1.807, 2.05) is 0 Å². The van der Waals surface area contributed by atoms with E-state index in [9.17, 15) is 10.1 Å². The van der Waals surface area contributed by atoms with Gasteiger partial charge in [0.2, 0.25) is 0 Å². The molecule has 0 bridgehead atoms. The largest absolute Gasteiger partial charge is 0.376 e. The number of nitro groups is 1. The Hall–Kier alpha value is -1.97. The van der Waals surface area contributed by atoms with Crippen LogP contribution in [0.1, 0.15) is 0 Å². The highest BCUT2D eigenvalue weighted by atomic mass is 16.6. The first-order chi connectivity index (χ1) is 9.19. The van der Waals surface area contributed by atoms with E-state index < -0.39 is 4.92 Å². The fourth-order valence-electron chi connectivity index (χ4n) is 1.66. The lowest BCUT2D eigenvalue weighted by molar-refractivity contribution is -0.384. The molecule has 1 aromatic rings. The minimum Gasteiger partial charge on any atom is -0.376 e. The zero-order valence-corrected chi connectivity index (χ0v) is 10.2. The second-order valence-electron chi connectivity index (χ2n) is 3.95. The van der Waals surface area contributed by atoms with E-state index in [4.69, 9.17) is 15.3 Å². The van der Waals surface area contributed by atoms with Gasteiger partial charge in [-0.15, -0.1) is 0 Å². The van der Waals surface area contributed by atoms with Gasteiger partial charge < -0.3 is 20.2 Å². The van der Waals surface area contributed by atoms with E-state index in [2.05, 4.69) is 15.7 Å². The summed E-state index contributed by atoms with van der Waals surface area (Å²) in [6.07, 6.45) is -0.0934. The minimum absolute atomic E-state index is 0.0914. The van der Waals surface area contributed by atoms with Crippen LogP contribution in [0.2, 0.25) is 0 Å². The van der Waals surface area contributed by atoms with Gasteiger partial charge in [0, 0.05) is 6.54 Å². The van der Waals surface area contributed by atoms with Crippen molar-refractivity contribution >= 4 is 17.3 Å². The summed E-state index contributed by atoms with van der Waals surface area (Å²) in [5.41, 5.74) is 2.20. The van der Waals surface area contributed by atoms with Gasteiger partial charge in [-0.05, 0) is 0 Å². The third-order valence-corrected chi connectivity index (χ3v) is 2.56. The van der Waals surface area contributed by atoms with Crippen molar-refractivity contribution in [2.75, 3.05) is 37.1 Å². The highest BCUT2D eigenvalue weighted by molar-refractivity contribution is 5.54. The molecule has 1 aliphatic heterocycles. The lowest BCUT2D eigenvalue weighted by atomic mass is 10.3. The monoisotopic (exact) mass is 269 g/mol. The van der Waals surface area contributed by atoms with Crippen LogP contribution in [0.25, 0.3) is 0 Å². The second-order valence-corrected chi connectivity index (χ2v) is 3.95. The van der Waals surface area contributed by atoms with Crippen LogP contribution in [0, 0.1) is 10.1 Å². The Kier molecular flexibility index (Phi) is 4.44. The molecule has 0 aromatic carbocycles. The topological polar surface area (TPSA) is 125 Å². The van der Waals surface area contributed by atoms with Crippen molar-refractivity contribution in [1.29, 1.82) is 0 Å². The first-order valence-corrected chi connectivity index (χ1v) is 5.75. The molecule has 1 saturated heterocycles. The zero-order valence-electron chi connectivity index (χ0n) is 10.2. The van der Waals surface area contributed by atoms with Crippen molar-refractivity contribution in [3.8, 4) is 0 Å². The molecule has 4 N–H and O–H groups in total. The van der Waals surface area contributed by atoms with Gasteiger partial charge in [0.1, 0.15) is 11.6 Å². The second kappa shape index (κ2) is 6.27. The molecule has 2 rings (SSSR count). The summed E-state index contributed by atoms with van der Waals surface area (Å²) in [7, 11) is 0. The molecular weight excluding hydrogens is 254 g/mol. The number of nitrogen functional groups attached to an aromatic ring is 1. The number of aromatic nitrogens is 1. The summed E-state index contributed by atoms with van der Waals surface area (Å²) >= 11 is 0. The van der Waals surface area contributed by atoms with Gasteiger partial charge in [0.15, 0.2) is 0 Å². The molecule has 104 valence electrons. The molecule has 9 nitrogen and oxygen atoms in total. The molecule has 0 aliphatic carbocycles. The Morgan fingerprint density at radius 2 is 2.26 bits per heavy atom. The molecule has 2 heterocycles. The fraction of sp³-hybridized carbons (Fsp3) is 0.500. The van der Waals surface area contributed by atoms with Crippen molar-refractivity contribution < 1.29 is 14.4 Å². The van der Waals surface area contributed by atoms with E-state index in [1.54, 1.807) is 0 Å². The predicted octanol–water partition coefficient (Wildman–Crippen LogP) is 0.103. The number of anilines is 2. The molecular formula is C10H15N5O4. The number of pyridine rings is 1. The average Bonchev–Trinajstić information content (AvgIpc) is 2.45. The number of hydrogen-bond acceptors (Lipinski definition) is 8. The van der Waals surface area contributed by atoms with Gasteiger partial charge in [-0.25, -0.2) is 10.8 Å². The molecule has 1 aliphatic rings. The van der Waals surface area contributed by atoms with Crippen LogP contribution in [0.15, 0.2) is 12.1 Å². The summed E-state index contributed by atoms with van der Waals surface area (Å²) in [6, 6.07) is 2.59. The highest BCUT2D eigenvalue weighted by Crippen LogP contribution is 2.20. The number of ether oxygens (including phenoxy) is 2. The normalized spacial score (nSPS) is 18.9. The number of nitrogens with two attached hydrogens (primary N) is 1. The molecule has 1 atom stereocenters. The molecule has 0 spiro atoms. The van der Waals surface area contributed by atoms with Gasteiger partial charge >= 0.3 is 0 Å². The Morgan fingerprint density at radius 3 is 2.89 bits per heavy atom. The third-order valence-electron chi connectivity index (χ3n) is 2.56. The van der Waals surface area contributed by atoms with Crippen molar-refractivity contribution in [1.82, 2.24) is 4.98 Å². The van der Waals surface area contributed by atoms with Crippen LogP contribution in [0.5, 0.6) is 0 Å². The van der Waals surface area contributed by atoms with Crippen LogP contribution in [0.3, 0.4) is 0 Å². The quantitative estimate of drug-likeness (QED) is 0.390. The molecule has 0 amide bonds. The molecule has 0 radical (unpaired) electrons. The van der Waals surface area contributed by atoms with E-state index in [0.717, 1.165) is 0 Å². The highest BCUT2D eigenvalue weighted by Gasteiger charge is 2.15. The SMILES string of the molecule is NNc1cc([N+](=O)[O-])cc(NCC2COCCO2)n1. The maximum atomic E-state index is 10.8. The Morgan fingerprint density at radius 1 is 1.47 bits per heavy atom. The number of nitrogens with zero attached hydrogens (tertiary/aromatic N) is 2. The molecule has 19 heavy (non-hydrogen) atoms. The smallest absolute Gasteiger partial charge is 0.276 e. The average molecular weight is 269 g/mol. The summed E-state index contributed by atoms with van der Waals surface area (Å²) in [6.45, 7) is 2.08. The molecule has 1 aromatic heterocycles. The van der Waals surface area contributed by atoms with Crippen molar-refractivity contribution in [2.24, 2.45) is 5.84 Å². The maximum Gasteiger partial charge on any atom is 0.276 e.